The first-order valence-corrected chi connectivity index (χ1v) is 4.10. The van der Waals surface area contributed by atoms with Gasteiger partial charge in [0.05, 0.1) is 5.69 Å². The molecule has 0 bridgehead atoms. The van der Waals surface area contributed by atoms with Crippen LogP contribution in [0, 0.1) is 11.7 Å². The van der Waals surface area contributed by atoms with Gasteiger partial charge in [-0.25, -0.2) is 0 Å². The molecule has 12 heavy (non-hydrogen) atoms. The normalized spacial score (nSPS) is 11.2. The first kappa shape index (κ1) is 7.54. The molecule has 0 aromatic carbocycles. The molecular weight excluding hydrogens is 172 g/mol. The third-order valence-electron chi connectivity index (χ3n) is 2.05. The first-order valence-electron chi connectivity index (χ1n) is 3.69. The van der Waals surface area contributed by atoms with Crippen LogP contribution in [0.2, 0.25) is 0 Å². The van der Waals surface area contributed by atoms with Crippen LogP contribution in [0.1, 0.15) is 5.69 Å². The molecule has 0 fully saturated rings. The summed E-state index contributed by atoms with van der Waals surface area (Å²) >= 11 is 5.09. The Hall–Kier alpha value is -1.10. The summed E-state index contributed by atoms with van der Waals surface area (Å²) in [5, 5.41) is 4.27. The van der Waals surface area contributed by atoms with Gasteiger partial charge in [0, 0.05) is 14.1 Å². The van der Waals surface area contributed by atoms with E-state index in [1.165, 1.54) is 0 Å². The van der Waals surface area contributed by atoms with Crippen molar-refractivity contribution in [1.29, 1.82) is 0 Å². The molecule has 0 amide bonds. The summed E-state index contributed by atoms with van der Waals surface area (Å²) in [5.74, 6) is 0. The molecule has 2 aromatic rings. The second kappa shape index (κ2) is 2.20. The van der Waals surface area contributed by atoms with Gasteiger partial charge in [0.1, 0.15) is 5.52 Å². The fraction of sp³-hybridized carbons (Fsp3) is 0.429. The lowest BCUT2D eigenvalue weighted by Crippen LogP contribution is -1.97. The van der Waals surface area contributed by atoms with Crippen molar-refractivity contribution in [3.8, 4) is 0 Å². The van der Waals surface area contributed by atoms with Gasteiger partial charge in [0.25, 0.3) is 0 Å². The van der Waals surface area contributed by atoms with Gasteiger partial charge >= 0.3 is 0 Å². The molecular formula is C7H10N4S. The summed E-state index contributed by atoms with van der Waals surface area (Å²) in [6.45, 7) is 1.97. The van der Waals surface area contributed by atoms with Crippen LogP contribution in [0.15, 0.2) is 0 Å². The lowest BCUT2D eigenvalue weighted by molar-refractivity contribution is 0.742. The van der Waals surface area contributed by atoms with Crippen molar-refractivity contribution in [2.75, 3.05) is 0 Å². The van der Waals surface area contributed by atoms with Crippen LogP contribution in [0.4, 0.5) is 0 Å². The molecule has 2 rings (SSSR count). The van der Waals surface area contributed by atoms with Gasteiger partial charge in [-0.1, -0.05) is 0 Å². The zero-order chi connectivity index (χ0) is 8.88. The number of hydrogen-bond acceptors (Lipinski definition) is 2. The van der Waals surface area contributed by atoms with Crippen molar-refractivity contribution >= 4 is 23.4 Å². The van der Waals surface area contributed by atoms with E-state index in [1.807, 2.05) is 30.3 Å². The van der Waals surface area contributed by atoms with Crippen molar-refractivity contribution in [2.24, 2.45) is 14.1 Å². The average molecular weight is 182 g/mol. The Morgan fingerprint density at radius 2 is 2.08 bits per heavy atom. The van der Waals surface area contributed by atoms with E-state index in [2.05, 4.69) is 10.1 Å². The third kappa shape index (κ3) is 0.768. The maximum Gasteiger partial charge on any atom is 0.179 e. The highest BCUT2D eigenvalue weighted by Crippen LogP contribution is 2.14. The number of aromatic nitrogens is 4. The van der Waals surface area contributed by atoms with E-state index in [0.717, 1.165) is 21.6 Å². The highest BCUT2D eigenvalue weighted by atomic mass is 32.1. The van der Waals surface area contributed by atoms with E-state index >= 15 is 0 Å². The first-order chi connectivity index (χ1) is 5.61. The summed E-state index contributed by atoms with van der Waals surface area (Å²) < 4.78 is 4.49. The van der Waals surface area contributed by atoms with E-state index in [0.29, 0.717) is 0 Å². The molecule has 4 nitrogen and oxygen atoms in total. The van der Waals surface area contributed by atoms with Crippen molar-refractivity contribution in [3.63, 3.8) is 0 Å². The molecule has 2 heterocycles. The van der Waals surface area contributed by atoms with Gasteiger partial charge in [-0.2, -0.15) is 5.10 Å². The fourth-order valence-electron chi connectivity index (χ4n) is 1.46. The van der Waals surface area contributed by atoms with Crippen LogP contribution in [0.25, 0.3) is 11.2 Å². The Labute approximate surface area is 74.8 Å². The van der Waals surface area contributed by atoms with Gasteiger partial charge in [-0.05, 0) is 19.1 Å². The van der Waals surface area contributed by atoms with Gasteiger partial charge < -0.3 is 9.55 Å². The Morgan fingerprint density at radius 1 is 1.42 bits per heavy atom. The van der Waals surface area contributed by atoms with Crippen molar-refractivity contribution < 1.29 is 0 Å². The van der Waals surface area contributed by atoms with Crippen LogP contribution in [-0.4, -0.2) is 19.3 Å². The maximum absolute atomic E-state index is 5.09. The molecule has 0 atom stereocenters. The fourth-order valence-corrected chi connectivity index (χ4v) is 1.65. The molecule has 0 unspecified atom stereocenters. The van der Waals surface area contributed by atoms with Crippen LogP contribution in [0.3, 0.4) is 0 Å². The minimum Gasteiger partial charge on any atom is -0.328 e. The molecule has 0 aliphatic rings. The van der Waals surface area contributed by atoms with Gasteiger partial charge in [0.2, 0.25) is 0 Å². The van der Waals surface area contributed by atoms with Crippen molar-refractivity contribution in [1.82, 2.24) is 19.3 Å². The van der Waals surface area contributed by atoms with E-state index in [-0.39, 0.29) is 0 Å². The average Bonchev–Trinajstić information content (AvgIpc) is 2.41. The monoisotopic (exact) mass is 182 g/mol. The van der Waals surface area contributed by atoms with E-state index in [1.54, 1.807) is 0 Å². The topological polar surface area (TPSA) is 38.5 Å². The number of imidazole rings is 1. The zero-order valence-corrected chi connectivity index (χ0v) is 8.07. The molecule has 0 aliphatic heterocycles. The number of rotatable bonds is 0. The molecule has 0 radical (unpaired) electrons. The van der Waals surface area contributed by atoms with Crippen LogP contribution >= 0.6 is 12.2 Å². The predicted molar refractivity (Wildman–Crippen MR) is 49.6 cm³/mol. The quantitative estimate of drug-likeness (QED) is 0.623. The third-order valence-corrected chi connectivity index (χ3v) is 2.42. The lowest BCUT2D eigenvalue weighted by atomic mass is 10.4. The largest absolute Gasteiger partial charge is 0.328 e. The van der Waals surface area contributed by atoms with E-state index in [4.69, 9.17) is 12.2 Å². The molecule has 5 heteroatoms. The zero-order valence-electron chi connectivity index (χ0n) is 7.25. The minimum atomic E-state index is 0.737. The molecule has 2 aromatic heterocycles. The number of aromatic amines is 1. The summed E-state index contributed by atoms with van der Waals surface area (Å²) in [7, 11) is 3.85. The molecule has 0 spiro atoms. The summed E-state index contributed by atoms with van der Waals surface area (Å²) in [6.07, 6.45) is 0. The second-order valence-electron chi connectivity index (χ2n) is 2.90. The number of H-pyrrole nitrogens is 1. The Morgan fingerprint density at radius 3 is 2.67 bits per heavy atom. The number of nitrogens with one attached hydrogen (secondary N) is 1. The smallest absolute Gasteiger partial charge is 0.179 e. The maximum atomic E-state index is 5.09. The van der Waals surface area contributed by atoms with Crippen LogP contribution < -0.4 is 0 Å². The number of fused-ring (bicyclic) bond motifs is 1. The van der Waals surface area contributed by atoms with Gasteiger partial charge in [-0.15, -0.1) is 0 Å². The highest BCUT2D eigenvalue weighted by Gasteiger charge is 2.08. The number of aryl methyl sites for hydroxylation is 3. The van der Waals surface area contributed by atoms with E-state index < -0.39 is 0 Å². The molecule has 0 saturated heterocycles. The van der Waals surface area contributed by atoms with E-state index in [9.17, 15) is 0 Å². The van der Waals surface area contributed by atoms with Crippen LogP contribution in [-0.2, 0) is 14.1 Å². The Bertz CT molecular complexity index is 487. The lowest BCUT2D eigenvalue weighted by Gasteiger charge is -1.93. The van der Waals surface area contributed by atoms with Gasteiger partial charge in [-0.3, -0.25) is 4.68 Å². The molecule has 0 aliphatic carbocycles. The number of nitrogens with zero attached hydrogens (tertiary/aromatic N) is 3. The summed E-state index contributed by atoms with van der Waals surface area (Å²) in [4.78, 5) is 3.11. The number of hydrogen-bond donors (Lipinski definition) is 1. The Balaban J connectivity index is 3.08. The highest BCUT2D eigenvalue weighted by molar-refractivity contribution is 7.71. The van der Waals surface area contributed by atoms with Crippen molar-refractivity contribution in [3.05, 3.63) is 10.5 Å². The van der Waals surface area contributed by atoms with Crippen LogP contribution in [0.5, 0.6) is 0 Å². The molecule has 1 N–H and O–H groups in total. The minimum absolute atomic E-state index is 0.737. The van der Waals surface area contributed by atoms with Gasteiger partial charge in [0.15, 0.2) is 10.4 Å². The summed E-state index contributed by atoms with van der Waals surface area (Å²) in [5.41, 5.74) is 3.06. The second-order valence-corrected chi connectivity index (χ2v) is 3.28. The summed E-state index contributed by atoms with van der Waals surface area (Å²) in [6, 6.07) is 0. The molecule has 64 valence electrons. The SMILES string of the molecule is Cc1nn(C)c2c1[nH]c(=S)n2C. The Kier molecular flexibility index (Phi) is 1.38. The molecule has 0 saturated carbocycles. The standard InChI is InChI=1S/C7H10N4S/c1-4-5-6(11(3)9-4)10(2)7(12)8-5/h1-3H3,(H,8,12). The predicted octanol–water partition coefficient (Wildman–Crippen LogP) is 1.28. The van der Waals surface area contributed by atoms with Crippen molar-refractivity contribution in [2.45, 2.75) is 6.92 Å².